The molecule has 0 aliphatic carbocycles. The van der Waals surface area contributed by atoms with Gasteiger partial charge in [-0.25, -0.2) is 4.79 Å². The van der Waals surface area contributed by atoms with Gasteiger partial charge >= 0.3 is 6.03 Å². The summed E-state index contributed by atoms with van der Waals surface area (Å²) in [5.74, 6) is 1.08. The summed E-state index contributed by atoms with van der Waals surface area (Å²) in [6, 6.07) is 11.4. The lowest BCUT2D eigenvalue weighted by atomic mass is 9.74. The number of likely N-dealkylation sites (tertiary alicyclic amines) is 1. The summed E-state index contributed by atoms with van der Waals surface area (Å²) in [5, 5.41) is 2.44. The van der Waals surface area contributed by atoms with Crippen LogP contribution in [-0.2, 0) is 11.2 Å². The quantitative estimate of drug-likeness (QED) is 0.845. The highest BCUT2D eigenvalue weighted by Crippen LogP contribution is 2.40. The highest BCUT2D eigenvalue weighted by atomic mass is 16.2. The lowest BCUT2D eigenvalue weighted by Gasteiger charge is -2.55. The summed E-state index contributed by atoms with van der Waals surface area (Å²) in [7, 11) is 0. The average molecular weight is 370 g/mol. The van der Waals surface area contributed by atoms with Crippen LogP contribution in [0.1, 0.15) is 31.2 Å². The van der Waals surface area contributed by atoms with Gasteiger partial charge in [0.2, 0.25) is 5.91 Å². The number of rotatable bonds is 4. The topological polar surface area (TPSA) is 78.7 Å². The number of carbonyl (C=O) groups excluding carboxylic acids is 2. The van der Waals surface area contributed by atoms with Crippen molar-refractivity contribution in [3.8, 4) is 0 Å². The van der Waals surface area contributed by atoms with Gasteiger partial charge in [-0.1, -0.05) is 36.8 Å². The zero-order valence-corrected chi connectivity index (χ0v) is 15.8. The molecule has 3 aliphatic heterocycles. The molecule has 4 rings (SSSR count). The van der Waals surface area contributed by atoms with Crippen molar-refractivity contribution in [2.24, 2.45) is 17.6 Å². The van der Waals surface area contributed by atoms with E-state index in [1.807, 2.05) is 4.90 Å². The molecular weight excluding hydrogens is 340 g/mol. The van der Waals surface area contributed by atoms with E-state index in [1.54, 1.807) is 0 Å². The largest absolute Gasteiger partial charge is 0.352 e. The Morgan fingerprint density at radius 2 is 1.93 bits per heavy atom. The molecule has 3 fully saturated rings. The molecule has 2 bridgehead atoms. The molecule has 27 heavy (non-hydrogen) atoms. The molecule has 6 nitrogen and oxygen atoms in total. The lowest BCUT2D eigenvalue weighted by Crippen LogP contribution is -2.63. The first-order valence-electron chi connectivity index (χ1n) is 10.2. The van der Waals surface area contributed by atoms with Crippen molar-refractivity contribution in [1.82, 2.24) is 15.1 Å². The van der Waals surface area contributed by atoms with Gasteiger partial charge in [0, 0.05) is 31.7 Å². The van der Waals surface area contributed by atoms with Crippen molar-refractivity contribution in [1.29, 1.82) is 0 Å². The number of nitrogens with one attached hydrogen (secondary N) is 1. The minimum atomic E-state index is -0.636. The Balaban J connectivity index is 1.42. The van der Waals surface area contributed by atoms with Crippen LogP contribution in [0.3, 0.4) is 0 Å². The van der Waals surface area contributed by atoms with Crippen LogP contribution < -0.4 is 11.1 Å². The van der Waals surface area contributed by atoms with Crippen LogP contribution in [0.4, 0.5) is 4.79 Å². The van der Waals surface area contributed by atoms with Gasteiger partial charge in [0.25, 0.3) is 0 Å². The highest BCUT2D eigenvalue weighted by Gasteiger charge is 2.45. The second-order valence-electron chi connectivity index (χ2n) is 8.42. The number of hydrogen-bond donors (Lipinski definition) is 2. The molecule has 0 unspecified atom stereocenters. The Hall–Kier alpha value is -2.08. The Bertz CT molecular complexity index is 680. The molecule has 1 aromatic carbocycles. The van der Waals surface area contributed by atoms with E-state index in [1.165, 1.54) is 31.2 Å². The van der Waals surface area contributed by atoms with E-state index in [0.717, 1.165) is 26.1 Å². The van der Waals surface area contributed by atoms with E-state index in [4.69, 9.17) is 5.73 Å². The number of nitrogens with zero attached hydrogens (tertiary/aromatic N) is 2. The summed E-state index contributed by atoms with van der Waals surface area (Å²) in [6.45, 7) is 2.72. The first-order chi connectivity index (χ1) is 13.1. The monoisotopic (exact) mass is 370 g/mol. The van der Waals surface area contributed by atoms with Gasteiger partial charge in [0.05, 0.1) is 6.54 Å². The van der Waals surface area contributed by atoms with Gasteiger partial charge in [-0.2, -0.15) is 0 Å². The van der Waals surface area contributed by atoms with Crippen molar-refractivity contribution >= 4 is 11.9 Å². The van der Waals surface area contributed by atoms with Gasteiger partial charge in [0.15, 0.2) is 0 Å². The Kier molecular flexibility index (Phi) is 5.34. The predicted molar refractivity (Wildman–Crippen MR) is 104 cm³/mol. The fourth-order valence-corrected chi connectivity index (χ4v) is 5.50. The number of fused-ring (bicyclic) bond motifs is 4. The number of benzene rings is 1. The number of piperidine rings is 3. The third-order valence-corrected chi connectivity index (χ3v) is 6.60. The maximum atomic E-state index is 12.4. The second-order valence-corrected chi connectivity index (χ2v) is 8.42. The van der Waals surface area contributed by atoms with Crippen LogP contribution in [-0.4, -0.2) is 60.0 Å². The van der Waals surface area contributed by atoms with E-state index in [9.17, 15) is 9.59 Å². The fraction of sp³-hybridized carbons (Fsp3) is 0.619. The molecule has 3 saturated heterocycles. The average Bonchev–Trinajstić information content (AvgIpc) is 2.67. The standard InChI is InChI=1S/C21H30N4O2/c22-21(27)23-11-20(26)24-12-16-9-17(14-24)19-8-4-7-18(25(19)13-16)10-15-5-2-1-3-6-15/h1-3,5-6,16-19H,4,7-14H2,(H3,22,23,27)/t16-,17+,18+,19-/m0/s1. The van der Waals surface area contributed by atoms with Crippen molar-refractivity contribution in [2.45, 2.75) is 44.2 Å². The number of primary amides is 1. The summed E-state index contributed by atoms with van der Waals surface area (Å²) in [5.41, 5.74) is 6.52. The maximum Gasteiger partial charge on any atom is 0.312 e. The van der Waals surface area contributed by atoms with Crippen molar-refractivity contribution in [3.05, 3.63) is 35.9 Å². The number of urea groups is 1. The molecule has 3 amide bonds. The fourth-order valence-electron chi connectivity index (χ4n) is 5.50. The first kappa shape index (κ1) is 18.3. The first-order valence-corrected chi connectivity index (χ1v) is 10.2. The van der Waals surface area contributed by atoms with Crippen molar-refractivity contribution in [3.63, 3.8) is 0 Å². The van der Waals surface area contributed by atoms with Crippen molar-refractivity contribution in [2.75, 3.05) is 26.2 Å². The number of amides is 3. The molecule has 3 N–H and O–H groups in total. The van der Waals surface area contributed by atoms with Crippen LogP contribution >= 0.6 is 0 Å². The Morgan fingerprint density at radius 3 is 2.70 bits per heavy atom. The Labute approximate surface area is 161 Å². The summed E-state index contributed by atoms with van der Waals surface area (Å²) in [6.07, 6.45) is 6.14. The molecule has 0 spiro atoms. The molecule has 6 heteroatoms. The molecular formula is C21H30N4O2. The van der Waals surface area contributed by atoms with Gasteiger partial charge in [-0.05, 0) is 43.1 Å². The normalized spacial score (nSPS) is 30.4. The molecule has 0 radical (unpaired) electrons. The van der Waals surface area contributed by atoms with Crippen LogP contribution in [0.5, 0.6) is 0 Å². The molecule has 0 aromatic heterocycles. The smallest absolute Gasteiger partial charge is 0.312 e. The molecule has 4 atom stereocenters. The van der Waals surface area contributed by atoms with Gasteiger partial charge in [-0.3, -0.25) is 9.69 Å². The van der Waals surface area contributed by atoms with E-state index < -0.39 is 6.03 Å². The van der Waals surface area contributed by atoms with E-state index in [0.29, 0.717) is 23.9 Å². The predicted octanol–water partition coefficient (Wildman–Crippen LogP) is 1.60. The molecule has 0 saturated carbocycles. The third kappa shape index (κ3) is 4.10. The van der Waals surface area contributed by atoms with Crippen LogP contribution in [0.25, 0.3) is 0 Å². The van der Waals surface area contributed by atoms with E-state index >= 15 is 0 Å². The van der Waals surface area contributed by atoms with E-state index in [2.05, 4.69) is 40.5 Å². The molecule has 1 aromatic rings. The third-order valence-electron chi connectivity index (χ3n) is 6.60. The summed E-state index contributed by atoms with van der Waals surface area (Å²) in [4.78, 5) is 28.0. The van der Waals surface area contributed by atoms with Gasteiger partial charge in [0.1, 0.15) is 0 Å². The Morgan fingerprint density at radius 1 is 1.11 bits per heavy atom. The summed E-state index contributed by atoms with van der Waals surface area (Å²) >= 11 is 0. The number of hydrogen-bond acceptors (Lipinski definition) is 3. The number of carbonyl (C=O) groups is 2. The second kappa shape index (κ2) is 7.89. The molecule has 3 aliphatic rings. The van der Waals surface area contributed by atoms with Crippen LogP contribution in [0, 0.1) is 11.8 Å². The molecule has 3 heterocycles. The number of nitrogens with two attached hydrogens (primary N) is 1. The SMILES string of the molecule is NC(=O)NCC(=O)N1C[C@@H]2C[C@H](C1)[C@@H]1CCC[C@H](Cc3ccccc3)N1C2. The maximum absolute atomic E-state index is 12.4. The van der Waals surface area contributed by atoms with Crippen LogP contribution in [0.15, 0.2) is 30.3 Å². The van der Waals surface area contributed by atoms with Gasteiger partial charge < -0.3 is 16.0 Å². The lowest BCUT2D eigenvalue weighted by molar-refractivity contribution is -0.137. The summed E-state index contributed by atoms with van der Waals surface area (Å²) < 4.78 is 0. The van der Waals surface area contributed by atoms with E-state index in [-0.39, 0.29) is 12.5 Å². The zero-order chi connectivity index (χ0) is 18.8. The molecule has 146 valence electrons. The van der Waals surface area contributed by atoms with Crippen molar-refractivity contribution < 1.29 is 9.59 Å². The minimum Gasteiger partial charge on any atom is -0.352 e. The minimum absolute atomic E-state index is 0.00593. The van der Waals surface area contributed by atoms with Gasteiger partial charge in [-0.15, -0.1) is 0 Å². The zero-order valence-electron chi connectivity index (χ0n) is 15.8. The highest BCUT2D eigenvalue weighted by molar-refractivity contribution is 5.83. The van der Waals surface area contributed by atoms with Crippen LogP contribution in [0.2, 0.25) is 0 Å².